The van der Waals surface area contributed by atoms with Gasteiger partial charge in [-0.3, -0.25) is 112 Å². The second-order valence-electron chi connectivity index (χ2n) is 36.2. The quantitative estimate of drug-likeness (QED) is 0.0125. The number of nitrogens with two attached hydrogens (primary N) is 6. The van der Waals surface area contributed by atoms with Gasteiger partial charge in [-0.25, -0.2) is 4.98 Å². The van der Waals surface area contributed by atoms with Gasteiger partial charge in [-0.05, 0) is 140 Å². The van der Waals surface area contributed by atoms with Gasteiger partial charge in [0.15, 0.2) is 11.9 Å². The van der Waals surface area contributed by atoms with Crippen molar-refractivity contribution in [1.29, 1.82) is 10.8 Å². The number of primary amides is 3. The Hall–Kier alpha value is -13.5. The molecule has 54 nitrogen and oxygen atoms in total. The monoisotopic (exact) mass is 2030 g/mol. The Kier molecular flexibility index (Phi) is 59.0. The number of aldehydes is 1. The number of aliphatic hydroxyl groups excluding tert-OH is 2. The van der Waals surface area contributed by atoms with E-state index in [2.05, 4.69) is 116 Å². The molecular weight excluding hydrogens is 1880 g/mol. The molecule has 142 heavy (non-hydrogen) atoms. The molecule has 55 heteroatoms. The summed E-state index contributed by atoms with van der Waals surface area (Å²) in [6.07, 6.45) is 0.984. The van der Waals surface area contributed by atoms with Crippen LogP contribution in [0.2, 0.25) is 0 Å². The minimum absolute atomic E-state index is 0.00570. The number of nitrogens with zero attached hydrogens (tertiary/aromatic N) is 1. The van der Waals surface area contributed by atoms with E-state index in [0.29, 0.717) is 24.9 Å². The number of hydrogen-bond acceptors (Lipinski definition) is 29. The van der Waals surface area contributed by atoms with Crippen LogP contribution in [0.3, 0.4) is 0 Å². The number of thioether (sulfide) groups is 1. The summed E-state index contributed by atoms with van der Waals surface area (Å²) in [5, 5.41) is 84.9. The Labute approximate surface area is 828 Å². The lowest BCUT2D eigenvalue weighted by atomic mass is 9.96. The summed E-state index contributed by atoms with van der Waals surface area (Å²) in [4.78, 5) is 305. The van der Waals surface area contributed by atoms with Crippen LogP contribution in [0.4, 0.5) is 0 Å². The molecule has 0 fully saturated rings. The number of carbonyl (C=O) groups excluding carboxylic acids is 22. The molecule has 0 saturated heterocycles. The summed E-state index contributed by atoms with van der Waals surface area (Å²) >= 11 is 1.44. The smallest absolute Gasteiger partial charge is 0.245 e. The third-order valence-corrected chi connectivity index (χ3v) is 22.2. The average Bonchev–Trinajstić information content (AvgIpc) is 0.909. The fraction of sp³-hybridized carbons (Fsp3) is 0.690. The zero-order valence-corrected chi connectivity index (χ0v) is 84.1. The van der Waals surface area contributed by atoms with Gasteiger partial charge < -0.3 is 161 Å². The van der Waals surface area contributed by atoms with Crippen LogP contribution < -0.4 is 141 Å². The van der Waals surface area contributed by atoms with E-state index in [0.717, 1.165) is 6.92 Å². The summed E-state index contributed by atoms with van der Waals surface area (Å²) in [5.74, 6) is -22.7. The van der Waals surface area contributed by atoms with E-state index in [9.17, 15) is 116 Å². The van der Waals surface area contributed by atoms with Gasteiger partial charge >= 0.3 is 0 Å². The minimum Gasteiger partial charge on any atom is -0.394 e. The number of carbonyl (C=O) groups is 22. The van der Waals surface area contributed by atoms with Gasteiger partial charge in [0.25, 0.3) is 0 Å². The van der Waals surface area contributed by atoms with Crippen LogP contribution >= 0.6 is 11.8 Å². The fourth-order valence-corrected chi connectivity index (χ4v) is 14.1. The molecule has 0 aliphatic carbocycles. The van der Waals surface area contributed by atoms with Gasteiger partial charge in [0.2, 0.25) is 124 Å². The first-order valence-corrected chi connectivity index (χ1v) is 48.2. The molecule has 0 saturated carbocycles. The molecule has 1 aromatic heterocycles. The van der Waals surface area contributed by atoms with E-state index in [1.165, 1.54) is 45.1 Å². The number of aromatic amines is 1. The molecule has 0 aliphatic rings. The van der Waals surface area contributed by atoms with Gasteiger partial charge in [0, 0.05) is 38.5 Å². The van der Waals surface area contributed by atoms with Crippen molar-refractivity contribution < 1.29 is 116 Å². The number of hydrogen-bond donors (Lipinski definition) is 31. The van der Waals surface area contributed by atoms with Crippen LogP contribution in [0.15, 0.2) is 12.5 Å². The number of guanidine groups is 2. The van der Waals surface area contributed by atoms with Crippen molar-refractivity contribution in [3.8, 4) is 0 Å². The number of rotatable bonds is 70. The topological polar surface area (TPSA) is 889 Å². The number of aromatic nitrogens is 2. The molecule has 0 aliphatic heterocycles. The van der Waals surface area contributed by atoms with E-state index in [4.69, 9.17) is 45.2 Å². The van der Waals surface area contributed by atoms with Crippen molar-refractivity contribution in [1.82, 2.24) is 116 Å². The summed E-state index contributed by atoms with van der Waals surface area (Å²) in [5.41, 5.74) is 33.6. The molecule has 800 valence electrons. The highest BCUT2D eigenvalue weighted by molar-refractivity contribution is 7.98. The Morgan fingerprint density at radius 1 is 0.401 bits per heavy atom. The van der Waals surface area contributed by atoms with Crippen LogP contribution in [0.5, 0.6) is 0 Å². The lowest BCUT2D eigenvalue weighted by Crippen LogP contribution is -2.61. The molecular formula is C87H152N30O24S. The van der Waals surface area contributed by atoms with Crippen molar-refractivity contribution >= 4 is 154 Å². The molecule has 1 aromatic rings. The molecule has 19 atom stereocenters. The van der Waals surface area contributed by atoms with E-state index in [1.807, 2.05) is 6.26 Å². The third kappa shape index (κ3) is 51.1. The van der Waals surface area contributed by atoms with E-state index in [-0.39, 0.29) is 99.8 Å². The largest absolute Gasteiger partial charge is 0.394 e. The van der Waals surface area contributed by atoms with Crippen molar-refractivity contribution in [2.45, 2.75) is 308 Å². The normalized spacial score (nSPS) is 15.2. The summed E-state index contributed by atoms with van der Waals surface area (Å²) in [6, 6.07) is -25.2. The van der Waals surface area contributed by atoms with E-state index >= 15 is 0 Å². The lowest BCUT2D eigenvalue weighted by Gasteiger charge is -2.29. The predicted octanol–water partition coefficient (Wildman–Crippen LogP) is -10.2. The number of imidazole rings is 1. The van der Waals surface area contributed by atoms with E-state index < -0.39 is 303 Å². The Morgan fingerprint density at radius 3 is 1.18 bits per heavy atom. The zero-order chi connectivity index (χ0) is 108. The maximum absolute atomic E-state index is 14.6. The molecule has 1 heterocycles. The van der Waals surface area contributed by atoms with Gasteiger partial charge in [-0.15, -0.1) is 0 Å². The second-order valence-corrected chi connectivity index (χ2v) is 37.2. The van der Waals surface area contributed by atoms with Crippen LogP contribution in [-0.2, 0) is 112 Å². The van der Waals surface area contributed by atoms with Crippen molar-refractivity contribution in [2.24, 2.45) is 64.0 Å². The number of H-pyrrole nitrogens is 1. The molecule has 0 spiro atoms. The predicted molar refractivity (Wildman–Crippen MR) is 518 cm³/mol. The van der Waals surface area contributed by atoms with Gasteiger partial charge in [-0.2, -0.15) is 11.8 Å². The maximum Gasteiger partial charge on any atom is 0.245 e. The number of amides is 21. The highest BCUT2D eigenvalue weighted by atomic mass is 32.2. The molecule has 0 radical (unpaired) electrons. The van der Waals surface area contributed by atoms with Gasteiger partial charge in [0.1, 0.15) is 96.9 Å². The van der Waals surface area contributed by atoms with Crippen LogP contribution in [0, 0.1) is 40.4 Å². The van der Waals surface area contributed by atoms with Crippen LogP contribution in [0.25, 0.3) is 0 Å². The second kappa shape index (κ2) is 66.3. The van der Waals surface area contributed by atoms with Crippen molar-refractivity contribution in [2.75, 3.05) is 44.8 Å². The highest BCUT2D eigenvalue weighted by Crippen LogP contribution is 2.17. The van der Waals surface area contributed by atoms with Crippen LogP contribution in [-0.4, -0.2) is 316 Å². The highest BCUT2D eigenvalue weighted by Gasteiger charge is 2.40. The fourth-order valence-electron chi connectivity index (χ4n) is 13.6. The van der Waals surface area contributed by atoms with E-state index in [1.54, 1.807) is 69.2 Å². The Morgan fingerprint density at radius 2 is 0.768 bits per heavy atom. The lowest BCUT2D eigenvalue weighted by molar-refractivity contribution is -0.136. The first kappa shape index (κ1) is 127. The Bertz CT molecular complexity index is 4410. The minimum atomic E-state index is -1.89. The summed E-state index contributed by atoms with van der Waals surface area (Å²) in [6.45, 7) is 19.3. The standard InChI is InChI=1S/C87H152N30O24S/c1-16-45(10)68(84(140)114-59(32-44(8)9)83(139)117-69(49(14)120)85(141)105-50(38-118)25-28-142-15)116-67(125)37-99-70(126)46(11)102-71(127)47(12)104-78(134)60(33-51-35-96-40-101-51)113-82(138)61(34-65(91)123)106-66(124)36-100-74(130)62(39-119)115-72(128)48(13)103-75(131)54(21-23-63(89)121)108-80(136)57(30-42(4)5)112-81(137)58(31-43(6)7)111-76(132)53(20-18-27-98-87(94)95)107-77(133)55(22-24-64(90)122)109-79(135)56(29-41(2)3)110-73(129)52(88)19-17-26-97-86(92)93/h35,38,40-50,52-62,68-69,119-120H,16-34,36-37,39,88H2,1-15H3,(H2,89,121)(H2,90,122)(H2,91,123)(H,96,101)(H,99,126)(H,100,130)(H,102,127)(H,103,131)(H,104,134)(H,105,141)(H,106,124)(H,107,133)(H,108,136)(H,109,135)(H,110,129)(H,111,132)(H,112,137)(H,113,138)(H,114,140)(H,115,128)(H,116,125)(H,117,139)(H4,92,93,97)(H4,94,95,98)/t45-,46-,47-,48-,49+,50-,52-,53-,54-,55-,56-,57-,58-,59-,60-,61-,62-,68-,69-/m0/s1. The van der Waals surface area contributed by atoms with Gasteiger partial charge in [-0.1, -0.05) is 75.7 Å². The first-order chi connectivity index (χ1) is 66.5. The van der Waals surface area contributed by atoms with Crippen molar-refractivity contribution in [3.05, 3.63) is 18.2 Å². The third-order valence-electron chi connectivity index (χ3n) is 21.5. The molecule has 37 N–H and O–H groups in total. The van der Waals surface area contributed by atoms with Gasteiger partial charge in [0.05, 0.1) is 56.3 Å². The first-order valence-electron chi connectivity index (χ1n) is 46.8. The van der Waals surface area contributed by atoms with Crippen LogP contribution in [0.1, 0.15) is 199 Å². The molecule has 1 rings (SSSR count). The zero-order valence-electron chi connectivity index (χ0n) is 83.3. The number of nitrogens with one attached hydrogen (secondary N) is 23. The van der Waals surface area contributed by atoms with Crippen molar-refractivity contribution in [3.63, 3.8) is 0 Å². The maximum atomic E-state index is 14.6. The Balaban J connectivity index is 3.36. The average molecular weight is 2030 g/mol. The molecule has 0 bridgehead atoms. The number of aliphatic hydroxyl groups is 2. The summed E-state index contributed by atoms with van der Waals surface area (Å²) < 4.78 is 0. The SMILES string of the molecule is CC[C@H](C)[C@H](NC(=O)CNC(=O)[C@H](C)NC(=O)[C@H](C)NC(=O)[C@H](Cc1c[nH]cn1)NC(=O)[C@H](CC(N)=O)NC(=O)CNC(=O)[C@H](CO)NC(=O)[C@H](C)NC(=O)[C@H](CCC(N)=O)NC(=O)[C@H](CC(C)C)NC(=O)[C@H](CC(C)C)NC(=O)[C@H](CCCNC(=N)N)NC(=O)[C@H](CCC(N)=O)NC(=O)[C@H](CC(C)C)NC(=O)[C@@H](N)CCCNC(=N)N)C(=O)N[C@@H](CC(C)C)C(=O)N[C@H](C(=O)N[C@H](C=O)CCSC)[C@@H](C)O. The molecule has 0 aromatic carbocycles. The molecule has 0 unspecified atom stereocenters. The molecule has 21 amide bonds. The summed E-state index contributed by atoms with van der Waals surface area (Å²) in [7, 11) is 0.